The fourth-order valence-electron chi connectivity index (χ4n) is 2.64. The largest absolute Gasteiger partial charge is 0.493 e. The van der Waals surface area contributed by atoms with E-state index >= 15 is 0 Å². The Labute approximate surface area is 124 Å². The summed E-state index contributed by atoms with van der Waals surface area (Å²) in [5.74, 6) is 1.78. The van der Waals surface area contributed by atoms with E-state index in [9.17, 15) is 0 Å². The zero-order valence-electron chi connectivity index (χ0n) is 12.0. The van der Waals surface area contributed by atoms with Crippen molar-refractivity contribution in [3.8, 4) is 5.75 Å². The lowest BCUT2D eigenvalue weighted by atomic mass is 10.0. The SMILES string of the molecule is Nc1ncc(CCCCc2ccc3c(c2)OCC3)c(N)n1. The first kappa shape index (κ1) is 13.7. The maximum atomic E-state index is 5.83. The summed E-state index contributed by atoms with van der Waals surface area (Å²) in [6, 6.07) is 6.56. The standard InChI is InChI=1S/C16H20N4O/c17-15-13(10-19-16(18)20-15)4-2-1-3-11-5-6-12-7-8-21-14(12)9-11/h5-6,9-10H,1-4,7-8H2,(H4,17,18,19,20). The summed E-state index contributed by atoms with van der Waals surface area (Å²) in [4.78, 5) is 7.96. The van der Waals surface area contributed by atoms with Gasteiger partial charge in [0, 0.05) is 18.2 Å². The van der Waals surface area contributed by atoms with Gasteiger partial charge in [-0.2, -0.15) is 4.98 Å². The molecule has 1 aliphatic rings. The number of hydrogen-bond donors (Lipinski definition) is 2. The predicted octanol–water partition coefficient (Wildman–Crippen LogP) is 2.14. The van der Waals surface area contributed by atoms with E-state index < -0.39 is 0 Å². The van der Waals surface area contributed by atoms with Crippen LogP contribution in [0.15, 0.2) is 24.4 Å². The Morgan fingerprint density at radius 1 is 1.14 bits per heavy atom. The van der Waals surface area contributed by atoms with Crippen LogP contribution in [0.25, 0.3) is 0 Å². The molecule has 0 saturated carbocycles. The van der Waals surface area contributed by atoms with Crippen molar-refractivity contribution in [2.75, 3.05) is 18.1 Å². The first-order valence-electron chi connectivity index (χ1n) is 7.34. The number of unbranched alkanes of at least 4 members (excludes halogenated alkanes) is 1. The summed E-state index contributed by atoms with van der Waals surface area (Å²) in [5.41, 5.74) is 14.9. The Morgan fingerprint density at radius 3 is 2.86 bits per heavy atom. The van der Waals surface area contributed by atoms with Crippen LogP contribution in [0.5, 0.6) is 5.75 Å². The van der Waals surface area contributed by atoms with Gasteiger partial charge in [-0.05, 0) is 42.9 Å². The van der Waals surface area contributed by atoms with E-state index in [-0.39, 0.29) is 5.95 Å². The fourth-order valence-corrected chi connectivity index (χ4v) is 2.64. The van der Waals surface area contributed by atoms with Gasteiger partial charge in [0.15, 0.2) is 0 Å². The predicted molar refractivity (Wildman–Crippen MR) is 83.1 cm³/mol. The second-order valence-corrected chi connectivity index (χ2v) is 5.39. The van der Waals surface area contributed by atoms with Gasteiger partial charge in [-0.3, -0.25) is 0 Å². The molecule has 1 aromatic heterocycles. The van der Waals surface area contributed by atoms with Crippen LogP contribution in [0.1, 0.15) is 29.5 Å². The molecule has 4 N–H and O–H groups in total. The van der Waals surface area contributed by atoms with E-state index in [4.69, 9.17) is 16.2 Å². The molecule has 0 spiro atoms. The van der Waals surface area contributed by atoms with Gasteiger partial charge < -0.3 is 16.2 Å². The number of nitrogens with two attached hydrogens (primary N) is 2. The van der Waals surface area contributed by atoms with Crippen molar-refractivity contribution >= 4 is 11.8 Å². The third-order valence-corrected chi connectivity index (χ3v) is 3.84. The van der Waals surface area contributed by atoms with Gasteiger partial charge in [-0.1, -0.05) is 12.1 Å². The molecule has 1 aliphatic heterocycles. The quantitative estimate of drug-likeness (QED) is 0.821. The molecule has 0 radical (unpaired) electrons. The molecule has 5 nitrogen and oxygen atoms in total. The molecule has 0 fully saturated rings. The number of rotatable bonds is 5. The normalized spacial score (nSPS) is 13.0. The number of benzene rings is 1. The van der Waals surface area contributed by atoms with Crippen LogP contribution in [0.3, 0.4) is 0 Å². The second-order valence-electron chi connectivity index (χ2n) is 5.39. The maximum Gasteiger partial charge on any atom is 0.221 e. The molecule has 0 unspecified atom stereocenters. The van der Waals surface area contributed by atoms with Crippen molar-refractivity contribution < 1.29 is 4.74 Å². The van der Waals surface area contributed by atoms with Crippen molar-refractivity contribution in [2.24, 2.45) is 0 Å². The zero-order chi connectivity index (χ0) is 14.7. The second kappa shape index (κ2) is 5.99. The van der Waals surface area contributed by atoms with Gasteiger partial charge >= 0.3 is 0 Å². The maximum absolute atomic E-state index is 5.83. The van der Waals surface area contributed by atoms with Crippen LogP contribution in [-0.2, 0) is 19.3 Å². The van der Waals surface area contributed by atoms with Gasteiger partial charge in [-0.15, -0.1) is 0 Å². The molecule has 5 heteroatoms. The Balaban J connectivity index is 1.50. The minimum atomic E-state index is 0.231. The Kier molecular flexibility index (Phi) is 3.90. The van der Waals surface area contributed by atoms with Crippen LogP contribution < -0.4 is 16.2 Å². The summed E-state index contributed by atoms with van der Waals surface area (Å²) in [6.07, 6.45) is 6.84. The van der Waals surface area contributed by atoms with Crippen LogP contribution in [0.2, 0.25) is 0 Å². The van der Waals surface area contributed by atoms with E-state index in [0.717, 1.165) is 50.0 Å². The van der Waals surface area contributed by atoms with E-state index in [0.29, 0.717) is 5.82 Å². The van der Waals surface area contributed by atoms with E-state index in [2.05, 4.69) is 28.2 Å². The summed E-state index contributed by atoms with van der Waals surface area (Å²) in [6.45, 7) is 0.815. The molecule has 3 rings (SSSR count). The molecule has 0 amide bonds. The van der Waals surface area contributed by atoms with Crippen LogP contribution in [0, 0.1) is 0 Å². The zero-order valence-corrected chi connectivity index (χ0v) is 12.0. The summed E-state index contributed by atoms with van der Waals surface area (Å²) >= 11 is 0. The third kappa shape index (κ3) is 3.24. The van der Waals surface area contributed by atoms with Crippen LogP contribution in [0.4, 0.5) is 11.8 Å². The molecule has 2 aromatic rings. The van der Waals surface area contributed by atoms with Gasteiger partial charge in [-0.25, -0.2) is 4.98 Å². The summed E-state index contributed by atoms with van der Waals surface area (Å²) in [7, 11) is 0. The first-order chi connectivity index (χ1) is 10.2. The molecule has 1 aromatic carbocycles. The highest BCUT2D eigenvalue weighted by Crippen LogP contribution is 2.26. The highest BCUT2D eigenvalue weighted by atomic mass is 16.5. The number of ether oxygens (including phenoxy) is 1. The first-order valence-corrected chi connectivity index (χ1v) is 7.34. The lowest BCUT2D eigenvalue weighted by Crippen LogP contribution is -2.03. The average molecular weight is 284 g/mol. The molecule has 0 aliphatic carbocycles. The molecule has 110 valence electrons. The smallest absolute Gasteiger partial charge is 0.221 e. The molecule has 21 heavy (non-hydrogen) atoms. The molecular weight excluding hydrogens is 264 g/mol. The van der Waals surface area contributed by atoms with Gasteiger partial charge in [0.25, 0.3) is 0 Å². The Bertz CT molecular complexity index is 642. The number of aryl methyl sites for hydroxylation is 2. The fraction of sp³-hybridized carbons (Fsp3) is 0.375. The van der Waals surface area contributed by atoms with Crippen molar-refractivity contribution in [1.82, 2.24) is 9.97 Å². The van der Waals surface area contributed by atoms with Gasteiger partial charge in [0.1, 0.15) is 11.6 Å². The molecule has 0 bridgehead atoms. The Hall–Kier alpha value is -2.30. The lowest BCUT2D eigenvalue weighted by Gasteiger charge is -2.06. The minimum absolute atomic E-state index is 0.231. The minimum Gasteiger partial charge on any atom is -0.493 e. The number of hydrogen-bond acceptors (Lipinski definition) is 5. The highest BCUT2D eigenvalue weighted by molar-refractivity contribution is 5.41. The number of aromatic nitrogens is 2. The average Bonchev–Trinajstić information content (AvgIpc) is 2.93. The summed E-state index contributed by atoms with van der Waals surface area (Å²) in [5, 5.41) is 0. The summed E-state index contributed by atoms with van der Waals surface area (Å²) < 4.78 is 5.60. The number of fused-ring (bicyclic) bond motifs is 1. The topological polar surface area (TPSA) is 87.0 Å². The van der Waals surface area contributed by atoms with Crippen LogP contribution in [-0.4, -0.2) is 16.6 Å². The molecule has 0 saturated heterocycles. The molecule has 2 heterocycles. The van der Waals surface area contributed by atoms with E-state index in [1.165, 1.54) is 11.1 Å². The number of nitrogens with zero attached hydrogens (tertiary/aromatic N) is 2. The van der Waals surface area contributed by atoms with Gasteiger partial charge in [0.2, 0.25) is 5.95 Å². The molecule has 0 atom stereocenters. The van der Waals surface area contributed by atoms with Crippen molar-refractivity contribution in [1.29, 1.82) is 0 Å². The highest BCUT2D eigenvalue weighted by Gasteiger charge is 2.11. The Morgan fingerprint density at radius 2 is 2.00 bits per heavy atom. The molecular formula is C16H20N4O. The van der Waals surface area contributed by atoms with Crippen LogP contribution >= 0.6 is 0 Å². The number of nitrogen functional groups attached to an aromatic ring is 2. The number of anilines is 2. The van der Waals surface area contributed by atoms with Crippen molar-refractivity contribution in [3.63, 3.8) is 0 Å². The van der Waals surface area contributed by atoms with Gasteiger partial charge in [0.05, 0.1) is 6.61 Å². The lowest BCUT2D eigenvalue weighted by molar-refractivity contribution is 0.356. The monoisotopic (exact) mass is 284 g/mol. The third-order valence-electron chi connectivity index (χ3n) is 3.84. The van der Waals surface area contributed by atoms with E-state index in [1.54, 1.807) is 6.20 Å². The van der Waals surface area contributed by atoms with Crippen molar-refractivity contribution in [3.05, 3.63) is 41.1 Å². The van der Waals surface area contributed by atoms with E-state index in [1.807, 2.05) is 0 Å². The van der Waals surface area contributed by atoms with Crippen molar-refractivity contribution in [2.45, 2.75) is 32.1 Å².